The number of sulfone groups is 1. The molecule has 31 heavy (non-hydrogen) atoms. The zero-order chi connectivity index (χ0) is 22.8. The number of rotatable bonds is 7. The van der Waals surface area contributed by atoms with E-state index >= 15 is 0 Å². The minimum atomic E-state index is -3.43. The van der Waals surface area contributed by atoms with Gasteiger partial charge in [0.2, 0.25) is 0 Å². The summed E-state index contributed by atoms with van der Waals surface area (Å²) in [6.07, 6.45) is 0.707. The molecule has 1 N–H and O–H groups in total. The molecule has 0 atom stereocenters. The third-order valence-corrected chi connectivity index (χ3v) is 8.22. The predicted molar refractivity (Wildman–Crippen MR) is 122 cm³/mol. The molecule has 0 saturated heterocycles. The average molecular weight is 465 g/mol. The van der Waals surface area contributed by atoms with Gasteiger partial charge in [-0.15, -0.1) is 11.3 Å². The number of nitrogens with zero attached hydrogens (tertiary/aromatic N) is 1. The third-order valence-electron chi connectivity index (χ3n) is 5.36. The monoisotopic (exact) mass is 464 g/mol. The number of thiophene rings is 1. The van der Waals surface area contributed by atoms with E-state index in [1.54, 1.807) is 26.0 Å². The van der Waals surface area contributed by atoms with E-state index in [-0.39, 0.29) is 22.8 Å². The first-order valence-electron chi connectivity index (χ1n) is 10.4. The molecule has 2 aromatic rings. The molecule has 0 radical (unpaired) electrons. The van der Waals surface area contributed by atoms with Crippen LogP contribution in [0.4, 0.5) is 5.00 Å². The summed E-state index contributed by atoms with van der Waals surface area (Å²) in [5, 5.41) is 3.28. The van der Waals surface area contributed by atoms with Crippen LogP contribution in [0.3, 0.4) is 0 Å². The minimum Gasteiger partial charge on any atom is -0.462 e. The van der Waals surface area contributed by atoms with Crippen LogP contribution in [0.2, 0.25) is 0 Å². The highest BCUT2D eigenvalue weighted by atomic mass is 32.2. The van der Waals surface area contributed by atoms with Crippen molar-refractivity contribution in [1.29, 1.82) is 0 Å². The van der Waals surface area contributed by atoms with Crippen molar-refractivity contribution in [2.75, 3.05) is 24.2 Å². The number of hydrogen-bond acceptors (Lipinski definition) is 7. The van der Waals surface area contributed by atoms with Crippen LogP contribution in [0.5, 0.6) is 0 Å². The van der Waals surface area contributed by atoms with Gasteiger partial charge in [-0.3, -0.25) is 9.69 Å². The molecular weight excluding hydrogens is 436 g/mol. The summed E-state index contributed by atoms with van der Waals surface area (Å²) in [7, 11) is -3.43. The topological polar surface area (TPSA) is 92.8 Å². The first kappa shape index (κ1) is 23.4. The second-order valence-corrected chi connectivity index (χ2v) is 11.0. The zero-order valence-corrected chi connectivity index (χ0v) is 19.9. The lowest BCUT2D eigenvalue weighted by Crippen LogP contribution is -2.35. The van der Waals surface area contributed by atoms with Gasteiger partial charge in [-0.1, -0.05) is 13.0 Å². The van der Waals surface area contributed by atoms with Gasteiger partial charge in [0, 0.05) is 29.6 Å². The minimum absolute atomic E-state index is 0.0466. The fourth-order valence-corrected chi connectivity index (χ4v) is 5.73. The number of carbonyl (C=O) groups excluding carboxylic acids is 2. The molecule has 1 aromatic heterocycles. The van der Waals surface area contributed by atoms with Crippen LogP contribution in [0.15, 0.2) is 29.2 Å². The molecule has 0 bridgehead atoms. The van der Waals surface area contributed by atoms with Crippen LogP contribution in [0.1, 0.15) is 58.9 Å². The number of benzene rings is 1. The van der Waals surface area contributed by atoms with E-state index in [0.717, 1.165) is 17.0 Å². The molecule has 9 heteroatoms. The number of anilines is 1. The fraction of sp³-hybridized carbons (Fsp3) is 0.455. The number of hydrogen-bond donors (Lipinski definition) is 1. The Balaban J connectivity index is 1.95. The molecule has 168 valence electrons. The van der Waals surface area contributed by atoms with Crippen molar-refractivity contribution in [3.05, 3.63) is 45.8 Å². The predicted octanol–water partition coefficient (Wildman–Crippen LogP) is 3.74. The Morgan fingerprint density at radius 1 is 1.26 bits per heavy atom. The van der Waals surface area contributed by atoms with Gasteiger partial charge in [-0.2, -0.15) is 0 Å². The van der Waals surface area contributed by atoms with Gasteiger partial charge < -0.3 is 10.1 Å². The third kappa shape index (κ3) is 4.99. The molecule has 1 aliphatic heterocycles. The van der Waals surface area contributed by atoms with Crippen molar-refractivity contribution in [1.82, 2.24) is 4.90 Å². The number of esters is 1. The second-order valence-electron chi connectivity index (χ2n) is 7.63. The van der Waals surface area contributed by atoms with Crippen molar-refractivity contribution in [2.24, 2.45) is 0 Å². The van der Waals surface area contributed by atoms with Gasteiger partial charge >= 0.3 is 5.97 Å². The molecular formula is C22H28N2O5S2. The Morgan fingerprint density at radius 3 is 2.65 bits per heavy atom. The van der Waals surface area contributed by atoms with Crippen LogP contribution < -0.4 is 5.32 Å². The van der Waals surface area contributed by atoms with Crippen molar-refractivity contribution in [2.45, 2.75) is 51.6 Å². The Kier molecular flexibility index (Phi) is 7.18. The zero-order valence-electron chi connectivity index (χ0n) is 18.2. The molecule has 0 saturated carbocycles. The summed E-state index contributed by atoms with van der Waals surface area (Å²) in [5.41, 5.74) is 1.56. The summed E-state index contributed by atoms with van der Waals surface area (Å²) >= 11 is 1.38. The van der Waals surface area contributed by atoms with E-state index in [2.05, 4.69) is 24.1 Å². The molecule has 2 heterocycles. The average Bonchev–Trinajstić information content (AvgIpc) is 3.10. The van der Waals surface area contributed by atoms with E-state index in [0.29, 0.717) is 29.6 Å². The molecule has 1 aliphatic rings. The van der Waals surface area contributed by atoms with Crippen molar-refractivity contribution in [3.63, 3.8) is 0 Å². The number of carbonyl (C=O) groups is 2. The SMILES string of the molecule is CCOC(=O)c1c(NC(=O)c2cccc(S(=O)(=O)CC)c2)sc2c1CCN(C(C)C)C2. The number of ether oxygens (including phenoxy) is 1. The van der Waals surface area contributed by atoms with Crippen molar-refractivity contribution < 1.29 is 22.7 Å². The summed E-state index contributed by atoms with van der Waals surface area (Å²) in [6.45, 7) is 9.35. The van der Waals surface area contributed by atoms with Crippen LogP contribution in [-0.2, 0) is 27.5 Å². The lowest BCUT2D eigenvalue weighted by atomic mass is 10.0. The van der Waals surface area contributed by atoms with Crippen LogP contribution >= 0.6 is 11.3 Å². The van der Waals surface area contributed by atoms with E-state index in [9.17, 15) is 18.0 Å². The molecule has 1 aromatic carbocycles. The summed E-state index contributed by atoms with van der Waals surface area (Å²) < 4.78 is 29.6. The highest BCUT2D eigenvalue weighted by molar-refractivity contribution is 7.91. The molecule has 7 nitrogen and oxygen atoms in total. The van der Waals surface area contributed by atoms with Gasteiger partial charge in [-0.25, -0.2) is 13.2 Å². The maximum absolute atomic E-state index is 12.9. The number of fused-ring (bicyclic) bond motifs is 1. The normalized spacial score (nSPS) is 14.4. The largest absolute Gasteiger partial charge is 0.462 e. The molecule has 0 fully saturated rings. The lowest BCUT2D eigenvalue weighted by molar-refractivity contribution is 0.0526. The van der Waals surface area contributed by atoms with E-state index < -0.39 is 21.7 Å². The Bertz CT molecular complexity index is 1090. The van der Waals surface area contributed by atoms with E-state index in [4.69, 9.17) is 4.74 Å². The summed E-state index contributed by atoms with van der Waals surface area (Å²) in [4.78, 5) is 29.1. The second kappa shape index (κ2) is 9.50. The first-order valence-corrected chi connectivity index (χ1v) is 12.8. The van der Waals surface area contributed by atoms with Gasteiger partial charge in [0.05, 0.1) is 22.8 Å². The van der Waals surface area contributed by atoms with Crippen LogP contribution in [0.25, 0.3) is 0 Å². The molecule has 1 amide bonds. The van der Waals surface area contributed by atoms with Gasteiger partial charge in [0.1, 0.15) is 5.00 Å². The van der Waals surface area contributed by atoms with Gasteiger partial charge in [-0.05, 0) is 51.0 Å². The Morgan fingerprint density at radius 2 is 2.00 bits per heavy atom. The quantitative estimate of drug-likeness (QED) is 0.628. The smallest absolute Gasteiger partial charge is 0.341 e. The lowest BCUT2D eigenvalue weighted by Gasteiger charge is -2.30. The highest BCUT2D eigenvalue weighted by Gasteiger charge is 2.30. The number of nitrogens with one attached hydrogen (secondary N) is 1. The van der Waals surface area contributed by atoms with Crippen LogP contribution in [0, 0.1) is 0 Å². The standard InChI is InChI=1S/C22H28N2O5S2/c1-5-29-22(26)19-17-10-11-24(14(3)4)13-18(17)30-21(19)23-20(25)15-8-7-9-16(12-15)31(27,28)6-2/h7-9,12,14H,5-6,10-11,13H2,1-4H3,(H,23,25). The van der Waals surface area contributed by atoms with Crippen molar-refractivity contribution in [3.8, 4) is 0 Å². The molecule has 0 unspecified atom stereocenters. The Hall–Kier alpha value is -2.23. The maximum Gasteiger partial charge on any atom is 0.341 e. The van der Waals surface area contributed by atoms with Gasteiger partial charge in [0.15, 0.2) is 9.84 Å². The Labute approximate surface area is 187 Å². The first-order chi connectivity index (χ1) is 14.7. The summed E-state index contributed by atoms with van der Waals surface area (Å²) in [5.74, 6) is -0.955. The highest BCUT2D eigenvalue weighted by Crippen LogP contribution is 2.38. The summed E-state index contributed by atoms with van der Waals surface area (Å²) in [6, 6.07) is 6.32. The number of amides is 1. The van der Waals surface area contributed by atoms with Crippen LogP contribution in [-0.4, -0.2) is 50.1 Å². The van der Waals surface area contributed by atoms with E-state index in [1.165, 1.54) is 23.5 Å². The molecule has 0 spiro atoms. The molecule has 3 rings (SSSR count). The van der Waals surface area contributed by atoms with Crippen molar-refractivity contribution >= 4 is 38.1 Å². The van der Waals surface area contributed by atoms with Gasteiger partial charge in [0.25, 0.3) is 5.91 Å². The fourth-order valence-electron chi connectivity index (χ4n) is 3.54. The van der Waals surface area contributed by atoms with E-state index in [1.807, 2.05) is 0 Å². The maximum atomic E-state index is 12.9. The molecule has 0 aliphatic carbocycles.